The van der Waals surface area contributed by atoms with Gasteiger partial charge in [-0.15, -0.1) is 0 Å². The van der Waals surface area contributed by atoms with Crippen molar-refractivity contribution in [2.45, 2.75) is 37.9 Å². The minimum atomic E-state index is 0.377. The highest BCUT2D eigenvalue weighted by atomic mass is 16.5. The van der Waals surface area contributed by atoms with E-state index in [4.69, 9.17) is 9.47 Å². The van der Waals surface area contributed by atoms with E-state index in [0.29, 0.717) is 12.2 Å². The maximum Gasteiger partial charge on any atom is 0.0809 e. The van der Waals surface area contributed by atoms with Crippen molar-refractivity contribution >= 4 is 0 Å². The Kier molecular flexibility index (Phi) is 3.58. The summed E-state index contributed by atoms with van der Waals surface area (Å²) in [6.45, 7) is 3.90. The molecule has 2 aliphatic rings. The molecular weight excluding hydrogens is 166 g/mol. The lowest BCUT2D eigenvalue weighted by atomic mass is 10.1. The zero-order valence-corrected chi connectivity index (χ0v) is 8.13. The maximum atomic E-state index is 5.78. The third-order valence-electron chi connectivity index (χ3n) is 2.79. The number of nitrogens with one attached hydrogen (secondary N) is 1. The van der Waals surface area contributed by atoms with Crippen molar-refractivity contribution in [1.82, 2.24) is 5.32 Å². The summed E-state index contributed by atoms with van der Waals surface area (Å²) in [7, 11) is 0. The molecule has 2 aliphatic heterocycles. The van der Waals surface area contributed by atoms with Gasteiger partial charge in [-0.05, 0) is 32.2 Å². The molecule has 76 valence electrons. The average molecular weight is 185 g/mol. The summed E-state index contributed by atoms with van der Waals surface area (Å²) >= 11 is 0. The first-order valence-corrected chi connectivity index (χ1v) is 5.39. The molecule has 0 bridgehead atoms. The first-order valence-electron chi connectivity index (χ1n) is 5.39. The molecule has 2 saturated heterocycles. The van der Waals surface area contributed by atoms with Crippen LogP contribution in [0.5, 0.6) is 0 Å². The predicted molar refractivity (Wildman–Crippen MR) is 50.8 cm³/mol. The van der Waals surface area contributed by atoms with Gasteiger partial charge < -0.3 is 14.8 Å². The van der Waals surface area contributed by atoms with Crippen LogP contribution in [-0.4, -0.2) is 38.5 Å². The smallest absolute Gasteiger partial charge is 0.0809 e. The molecule has 0 unspecified atom stereocenters. The van der Waals surface area contributed by atoms with Crippen LogP contribution < -0.4 is 5.32 Å². The summed E-state index contributed by atoms with van der Waals surface area (Å²) in [5, 5.41) is 3.34. The van der Waals surface area contributed by atoms with Crippen molar-refractivity contribution in [3.63, 3.8) is 0 Å². The van der Waals surface area contributed by atoms with Gasteiger partial charge in [-0.2, -0.15) is 0 Å². The summed E-state index contributed by atoms with van der Waals surface area (Å²) < 4.78 is 11.3. The minimum absolute atomic E-state index is 0.377. The fraction of sp³-hybridized carbons (Fsp3) is 1.00. The fourth-order valence-corrected chi connectivity index (χ4v) is 1.98. The Hall–Kier alpha value is -0.120. The molecule has 2 atom stereocenters. The Morgan fingerprint density at radius 3 is 3.00 bits per heavy atom. The third kappa shape index (κ3) is 2.93. The highest BCUT2D eigenvalue weighted by Gasteiger charge is 2.19. The zero-order chi connectivity index (χ0) is 8.93. The molecule has 3 heteroatoms. The van der Waals surface area contributed by atoms with Gasteiger partial charge in [-0.3, -0.25) is 0 Å². The average Bonchev–Trinajstić information content (AvgIpc) is 2.69. The van der Waals surface area contributed by atoms with Gasteiger partial charge in [0.25, 0.3) is 0 Å². The predicted octanol–water partition coefficient (Wildman–Crippen LogP) is 0.934. The number of hydrogen-bond acceptors (Lipinski definition) is 3. The van der Waals surface area contributed by atoms with Crippen LogP contribution in [0.15, 0.2) is 0 Å². The van der Waals surface area contributed by atoms with Gasteiger partial charge in [0, 0.05) is 13.2 Å². The van der Waals surface area contributed by atoms with E-state index < -0.39 is 0 Å². The second kappa shape index (κ2) is 4.94. The highest BCUT2D eigenvalue weighted by molar-refractivity contribution is 4.71. The van der Waals surface area contributed by atoms with Gasteiger partial charge in [-0.1, -0.05) is 0 Å². The van der Waals surface area contributed by atoms with Crippen LogP contribution in [-0.2, 0) is 9.47 Å². The summed E-state index contributed by atoms with van der Waals surface area (Å²) in [6.07, 6.45) is 5.65. The second-order valence-electron chi connectivity index (χ2n) is 3.94. The standard InChI is InChI=1S/C10H19NO2/c1-3-9(7-11-5-1)13-8-10-4-2-6-12-10/h9-11H,1-8H2/t9-,10+/m0/s1. The molecule has 0 aliphatic carbocycles. The lowest BCUT2D eigenvalue weighted by Gasteiger charge is -2.24. The largest absolute Gasteiger partial charge is 0.376 e. The normalized spacial score (nSPS) is 35.1. The molecule has 0 spiro atoms. The molecule has 13 heavy (non-hydrogen) atoms. The Bertz CT molecular complexity index is 140. The van der Waals surface area contributed by atoms with Crippen molar-refractivity contribution in [3.8, 4) is 0 Å². The lowest BCUT2D eigenvalue weighted by molar-refractivity contribution is -0.0274. The van der Waals surface area contributed by atoms with Crippen LogP contribution >= 0.6 is 0 Å². The molecule has 0 aromatic carbocycles. The third-order valence-corrected chi connectivity index (χ3v) is 2.79. The van der Waals surface area contributed by atoms with Crippen molar-refractivity contribution < 1.29 is 9.47 Å². The van der Waals surface area contributed by atoms with Crippen LogP contribution in [0.3, 0.4) is 0 Å². The van der Waals surface area contributed by atoms with Crippen LogP contribution in [0.4, 0.5) is 0 Å². The lowest BCUT2D eigenvalue weighted by Crippen LogP contribution is -2.36. The molecule has 2 fully saturated rings. The number of piperidine rings is 1. The van der Waals surface area contributed by atoms with Gasteiger partial charge in [0.2, 0.25) is 0 Å². The van der Waals surface area contributed by atoms with E-state index in [1.54, 1.807) is 0 Å². The number of ether oxygens (including phenoxy) is 2. The van der Waals surface area contributed by atoms with Gasteiger partial charge in [0.05, 0.1) is 18.8 Å². The van der Waals surface area contributed by atoms with Crippen molar-refractivity contribution in [3.05, 3.63) is 0 Å². The summed E-state index contributed by atoms with van der Waals surface area (Å²) in [6, 6.07) is 0. The molecule has 0 radical (unpaired) electrons. The molecule has 0 saturated carbocycles. The number of rotatable bonds is 3. The van der Waals surface area contributed by atoms with E-state index in [1.165, 1.54) is 25.7 Å². The van der Waals surface area contributed by atoms with Crippen molar-refractivity contribution in [2.24, 2.45) is 0 Å². The molecule has 3 nitrogen and oxygen atoms in total. The fourth-order valence-electron chi connectivity index (χ4n) is 1.98. The molecule has 1 N–H and O–H groups in total. The van der Waals surface area contributed by atoms with Crippen LogP contribution in [0.2, 0.25) is 0 Å². The molecule has 0 amide bonds. The van der Waals surface area contributed by atoms with E-state index in [1.807, 2.05) is 0 Å². The summed E-state index contributed by atoms with van der Waals surface area (Å²) in [5.41, 5.74) is 0. The SMILES string of the molecule is C1CO[C@@H](CO[C@H]2CCCNC2)C1. The van der Waals surface area contributed by atoms with Gasteiger partial charge in [0.15, 0.2) is 0 Å². The molecule has 0 aromatic heterocycles. The minimum Gasteiger partial charge on any atom is -0.376 e. The van der Waals surface area contributed by atoms with E-state index in [0.717, 1.165) is 26.3 Å². The second-order valence-corrected chi connectivity index (χ2v) is 3.94. The molecule has 0 aromatic rings. The van der Waals surface area contributed by atoms with E-state index in [9.17, 15) is 0 Å². The quantitative estimate of drug-likeness (QED) is 0.709. The van der Waals surface area contributed by atoms with Crippen LogP contribution in [0, 0.1) is 0 Å². The number of hydrogen-bond donors (Lipinski definition) is 1. The van der Waals surface area contributed by atoms with Gasteiger partial charge in [-0.25, -0.2) is 0 Å². The van der Waals surface area contributed by atoms with Gasteiger partial charge in [0.1, 0.15) is 0 Å². The van der Waals surface area contributed by atoms with Crippen molar-refractivity contribution in [2.75, 3.05) is 26.3 Å². The van der Waals surface area contributed by atoms with E-state index in [-0.39, 0.29) is 0 Å². The van der Waals surface area contributed by atoms with Crippen LogP contribution in [0.1, 0.15) is 25.7 Å². The highest BCUT2D eigenvalue weighted by Crippen LogP contribution is 2.14. The topological polar surface area (TPSA) is 30.5 Å². The monoisotopic (exact) mass is 185 g/mol. The Balaban J connectivity index is 1.60. The van der Waals surface area contributed by atoms with E-state index >= 15 is 0 Å². The summed E-state index contributed by atoms with van der Waals surface area (Å²) in [4.78, 5) is 0. The summed E-state index contributed by atoms with van der Waals surface area (Å²) in [5.74, 6) is 0. The maximum absolute atomic E-state index is 5.78. The van der Waals surface area contributed by atoms with Crippen LogP contribution in [0.25, 0.3) is 0 Å². The van der Waals surface area contributed by atoms with Crippen molar-refractivity contribution in [1.29, 1.82) is 0 Å². The first kappa shape index (κ1) is 9.44. The molecule has 2 rings (SSSR count). The molecular formula is C10H19NO2. The van der Waals surface area contributed by atoms with E-state index in [2.05, 4.69) is 5.32 Å². The molecule has 2 heterocycles. The zero-order valence-electron chi connectivity index (χ0n) is 8.13. The first-order chi connectivity index (χ1) is 6.45. The Morgan fingerprint density at radius 1 is 1.31 bits per heavy atom. The Labute approximate surface area is 79.8 Å². The Morgan fingerprint density at radius 2 is 2.31 bits per heavy atom. The van der Waals surface area contributed by atoms with Gasteiger partial charge >= 0.3 is 0 Å².